The van der Waals surface area contributed by atoms with E-state index in [1.165, 1.54) is 5.56 Å². The molecule has 0 unspecified atom stereocenters. The van der Waals surface area contributed by atoms with Crippen molar-refractivity contribution < 1.29 is 4.74 Å². The second-order valence-electron chi connectivity index (χ2n) is 4.82. The minimum atomic E-state index is 0.176. The van der Waals surface area contributed by atoms with Crippen molar-refractivity contribution in [1.29, 1.82) is 0 Å². The maximum atomic E-state index is 6.11. The molecule has 116 valence electrons. The molecule has 3 nitrogen and oxygen atoms in total. The molecule has 2 N–H and O–H groups in total. The second-order valence-corrected chi connectivity index (χ2v) is 5.63. The van der Waals surface area contributed by atoms with Crippen molar-refractivity contribution in [3.05, 3.63) is 59.1 Å². The summed E-state index contributed by atoms with van der Waals surface area (Å²) in [4.78, 5) is 0. The number of hydrogen-bond acceptors (Lipinski definition) is 2. The molecule has 0 saturated heterocycles. The van der Waals surface area contributed by atoms with Crippen LogP contribution in [-0.4, -0.2) is 12.2 Å². The number of thiocarbonyl (C=S) groups is 1. The van der Waals surface area contributed by atoms with Crippen molar-refractivity contribution >= 4 is 34.6 Å². The van der Waals surface area contributed by atoms with Crippen LogP contribution in [0, 0.1) is 0 Å². The Morgan fingerprint density at radius 1 is 1.23 bits per heavy atom. The summed E-state index contributed by atoms with van der Waals surface area (Å²) in [5, 5.41) is 7.59. The third-order valence-corrected chi connectivity index (χ3v) is 3.84. The summed E-state index contributed by atoms with van der Waals surface area (Å²) in [6.07, 6.45) is 0.940. The SMILES string of the molecule is CC[C@H](NC(=S)Nc1ccc(OC)c(Cl)c1)c1ccccc1. The van der Waals surface area contributed by atoms with Crippen molar-refractivity contribution in [2.75, 3.05) is 12.4 Å². The largest absolute Gasteiger partial charge is 0.495 e. The number of halogens is 1. The van der Waals surface area contributed by atoms with E-state index in [-0.39, 0.29) is 6.04 Å². The van der Waals surface area contributed by atoms with Crippen molar-refractivity contribution in [2.45, 2.75) is 19.4 Å². The van der Waals surface area contributed by atoms with Crippen molar-refractivity contribution in [1.82, 2.24) is 5.32 Å². The third-order valence-electron chi connectivity index (χ3n) is 3.33. The van der Waals surface area contributed by atoms with Gasteiger partial charge in [-0.15, -0.1) is 0 Å². The summed E-state index contributed by atoms with van der Waals surface area (Å²) < 4.78 is 5.14. The highest BCUT2D eigenvalue weighted by Gasteiger charge is 2.10. The van der Waals surface area contributed by atoms with E-state index in [1.807, 2.05) is 30.3 Å². The Kier molecular flexibility index (Phi) is 6.04. The average Bonchev–Trinajstić information content (AvgIpc) is 2.53. The van der Waals surface area contributed by atoms with Crippen molar-refractivity contribution in [3.8, 4) is 5.75 Å². The van der Waals surface area contributed by atoms with Gasteiger partial charge >= 0.3 is 0 Å². The summed E-state index contributed by atoms with van der Waals surface area (Å²) in [6, 6.07) is 15.9. The fraction of sp³-hybridized carbons (Fsp3) is 0.235. The standard InChI is InChI=1S/C17H19ClN2OS/c1-3-15(12-7-5-4-6-8-12)20-17(22)19-13-9-10-16(21-2)14(18)11-13/h4-11,15H,3H2,1-2H3,(H2,19,20,22)/t15-/m0/s1. The zero-order chi connectivity index (χ0) is 15.9. The fourth-order valence-electron chi connectivity index (χ4n) is 2.18. The molecule has 2 aromatic carbocycles. The van der Waals surface area contributed by atoms with E-state index in [0.717, 1.165) is 12.1 Å². The Hall–Kier alpha value is -1.78. The molecule has 0 radical (unpaired) electrons. The van der Waals surface area contributed by atoms with Crippen LogP contribution in [0.25, 0.3) is 0 Å². The monoisotopic (exact) mass is 334 g/mol. The summed E-state index contributed by atoms with van der Waals surface area (Å²) in [7, 11) is 1.59. The maximum Gasteiger partial charge on any atom is 0.171 e. The highest BCUT2D eigenvalue weighted by molar-refractivity contribution is 7.80. The first-order valence-electron chi connectivity index (χ1n) is 7.10. The number of nitrogens with one attached hydrogen (secondary N) is 2. The molecule has 0 aromatic heterocycles. The van der Waals surface area contributed by atoms with E-state index < -0.39 is 0 Å². The molecule has 2 aromatic rings. The van der Waals surface area contributed by atoms with Crippen LogP contribution < -0.4 is 15.4 Å². The summed E-state index contributed by atoms with van der Waals surface area (Å²) in [6.45, 7) is 2.12. The first kappa shape index (κ1) is 16.6. The summed E-state index contributed by atoms with van der Waals surface area (Å²) in [5.74, 6) is 0.641. The molecule has 5 heteroatoms. The molecule has 0 bridgehead atoms. The molecular weight excluding hydrogens is 316 g/mol. The predicted octanol–water partition coefficient (Wildman–Crippen LogP) is 4.79. The Morgan fingerprint density at radius 3 is 2.55 bits per heavy atom. The van der Waals surface area contributed by atoms with Crippen molar-refractivity contribution in [2.24, 2.45) is 0 Å². The van der Waals surface area contributed by atoms with Gasteiger partial charge in [0, 0.05) is 5.69 Å². The molecule has 0 spiro atoms. The molecular formula is C17H19ClN2OS. The lowest BCUT2D eigenvalue weighted by Gasteiger charge is -2.20. The number of hydrogen-bond donors (Lipinski definition) is 2. The Balaban J connectivity index is 2.01. The van der Waals surface area contributed by atoms with Gasteiger partial charge in [0.2, 0.25) is 0 Å². The van der Waals surface area contributed by atoms with Gasteiger partial charge in [-0.3, -0.25) is 0 Å². The molecule has 0 aliphatic rings. The van der Waals surface area contributed by atoms with Crippen LogP contribution in [0.3, 0.4) is 0 Å². The molecule has 22 heavy (non-hydrogen) atoms. The van der Waals surface area contributed by atoms with Crippen LogP contribution in [0.2, 0.25) is 5.02 Å². The van der Waals surface area contributed by atoms with Crippen LogP contribution in [0.1, 0.15) is 24.9 Å². The van der Waals surface area contributed by atoms with Crippen LogP contribution >= 0.6 is 23.8 Å². The van der Waals surface area contributed by atoms with Crippen LogP contribution in [0.15, 0.2) is 48.5 Å². The number of benzene rings is 2. The average molecular weight is 335 g/mol. The lowest BCUT2D eigenvalue weighted by Crippen LogP contribution is -2.32. The molecule has 0 heterocycles. The minimum absolute atomic E-state index is 0.176. The zero-order valence-electron chi connectivity index (χ0n) is 12.6. The molecule has 0 saturated carbocycles. The van der Waals surface area contributed by atoms with Gasteiger partial charge in [-0.05, 0) is 42.4 Å². The number of anilines is 1. The summed E-state index contributed by atoms with van der Waals surface area (Å²) in [5.41, 5.74) is 2.04. The topological polar surface area (TPSA) is 33.3 Å². The second kappa shape index (κ2) is 8.01. The highest BCUT2D eigenvalue weighted by Crippen LogP contribution is 2.27. The van der Waals surface area contributed by atoms with Gasteiger partial charge < -0.3 is 15.4 Å². The van der Waals surface area contributed by atoms with Gasteiger partial charge in [0.05, 0.1) is 18.2 Å². The van der Waals surface area contributed by atoms with E-state index in [0.29, 0.717) is 15.9 Å². The lowest BCUT2D eigenvalue weighted by molar-refractivity contribution is 0.415. The molecule has 1 atom stereocenters. The quantitative estimate of drug-likeness (QED) is 0.770. The van der Waals surface area contributed by atoms with E-state index in [1.54, 1.807) is 13.2 Å². The van der Waals surface area contributed by atoms with Gasteiger partial charge in [-0.25, -0.2) is 0 Å². The van der Waals surface area contributed by atoms with E-state index in [4.69, 9.17) is 28.6 Å². The van der Waals surface area contributed by atoms with Crippen molar-refractivity contribution in [3.63, 3.8) is 0 Å². The highest BCUT2D eigenvalue weighted by atomic mass is 35.5. The van der Waals surface area contributed by atoms with Gasteiger partial charge in [0.15, 0.2) is 5.11 Å². The normalized spacial score (nSPS) is 11.6. The van der Waals surface area contributed by atoms with E-state index in [2.05, 4.69) is 29.7 Å². The van der Waals surface area contributed by atoms with Crippen LogP contribution in [-0.2, 0) is 0 Å². The Labute approximate surface area is 141 Å². The first-order valence-corrected chi connectivity index (χ1v) is 7.88. The van der Waals surface area contributed by atoms with Gasteiger partial charge in [0.25, 0.3) is 0 Å². The molecule has 0 aliphatic carbocycles. The zero-order valence-corrected chi connectivity index (χ0v) is 14.2. The van der Waals surface area contributed by atoms with Crippen LogP contribution in [0.4, 0.5) is 5.69 Å². The van der Waals surface area contributed by atoms with Gasteiger partial charge in [-0.1, -0.05) is 48.9 Å². The summed E-state index contributed by atoms with van der Waals surface area (Å²) >= 11 is 11.5. The number of rotatable bonds is 5. The van der Waals surface area contributed by atoms with Gasteiger partial charge in [-0.2, -0.15) is 0 Å². The first-order chi connectivity index (χ1) is 10.6. The lowest BCUT2D eigenvalue weighted by atomic mass is 10.1. The minimum Gasteiger partial charge on any atom is -0.495 e. The Morgan fingerprint density at radius 2 is 1.95 bits per heavy atom. The predicted molar refractivity (Wildman–Crippen MR) is 96.8 cm³/mol. The third kappa shape index (κ3) is 4.36. The molecule has 0 aliphatic heterocycles. The maximum absolute atomic E-state index is 6.11. The molecule has 0 amide bonds. The Bertz CT molecular complexity index is 634. The molecule has 2 rings (SSSR count). The van der Waals surface area contributed by atoms with E-state index >= 15 is 0 Å². The number of ether oxygens (including phenoxy) is 1. The number of methoxy groups -OCH3 is 1. The molecule has 0 fully saturated rings. The fourth-order valence-corrected chi connectivity index (χ4v) is 2.69. The van der Waals surface area contributed by atoms with E-state index in [9.17, 15) is 0 Å². The van der Waals surface area contributed by atoms with Gasteiger partial charge in [0.1, 0.15) is 5.75 Å². The smallest absolute Gasteiger partial charge is 0.171 e. The van der Waals surface area contributed by atoms with Crippen LogP contribution in [0.5, 0.6) is 5.75 Å².